The molecular weight excluding hydrogens is 576 g/mol. The van der Waals surface area contributed by atoms with Crippen LogP contribution in [0.25, 0.3) is 17.2 Å². The number of H-pyrrole nitrogens is 1. The van der Waals surface area contributed by atoms with Gasteiger partial charge in [0.2, 0.25) is 0 Å². The largest absolute Gasteiger partial charge is 0.493 e. The summed E-state index contributed by atoms with van der Waals surface area (Å²) in [6.45, 7) is 1.12. The van der Waals surface area contributed by atoms with Gasteiger partial charge in [-0.2, -0.15) is 0 Å². The van der Waals surface area contributed by atoms with Crippen LogP contribution in [0, 0.1) is 0 Å². The van der Waals surface area contributed by atoms with Crippen LogP contribution in [0.2, 0.25) is 0 Å². The molecule has 1 aromatic heterocycles. The number of aliphatic hydroxyl groups is 2. The summed E-state index contributed by atoms with van der Waals surface area (Å²) in [5, 5.41) is 20.3. The van der Waals surface area contributed by atoms with E-state index >= 15 is 0 Å². The fourth-order valence-corrected chi connectivity index (χ4v) is 6.37. The van der Waals surface area contributed by atoms with Crippen LogP contribution in [-0.2, 0) is 0 Å². The van der Waals surface area contributed by atoms with Crippen LogP contribution in [0.15, 0.2) is 124 Å². The third kappa shape index (κ3) is 5.36. The van der Waals surface area contributed by atoms with E-state index in [-0.39, 0.29) is 19.3 Å². The van der Waals surface area contributed by atoms with Crippen molar-refractivity contribution in [1.29, 1.82) is 0 Å². The van der Waals surface area contributed by atoms with Crippen LogP contribution in [0.1, 0.15) is 24.0 Å². The monoisotopic (exact) mass is 610 g/mol. The number of benzene rings is 2. The first kappa shape index (κ1) is 28.3. The summed E-state index contributed by atoms with van der Waals surface area (Å²) in [5.41, 5.74) is 8.86. The van der Waals surface area contributed by atoms with Crippen LogP contribution in [-0.4, -0.2) is 70.0 Å². The predicted octanol–water partition coefficient (Wildman–Crippen LogP) is 3.80. The number of ether oxygens (including phenoxy) is 2. The highest BCUT2D eigenvalue weighted by molar-refractivity contribution is 6.30. The molecule has 6 bridgehead atoms. The molecule has 5 aliphatic rings. The van der Waals surface area contributed by atoms with Crippen molar-refractivity contribution < 1.29 is 19.7 Å². The average Bonchev–Trinajstić information content (AvgIpc) is 3.60. The molecule has 0 amide bonds. The lowest BCUT2D eigenvalue weighted by molar-refractivity contribution is 0.233. The van der Waals surface area contributed by atoms with Crippen molar-refractivity contribution in [3.05, 3.63) is 136 Å². The molecule has 6 heterocycles. The lowest BCUT2D eigenvalue weighted by atomic mass is 9.97. The van der Waals surface area contributed by atoms with E-state index in [1.807, 2.05) is 30.3 Å². The second-order valence-electron chi connectivity index (χ2n) is 11.7. The first-order valence-electron chi connectivity index (χ1n) is 15.8. The van der Waals surface area contributed by atoms with Gasteiger partial charge in [0.25, 0.3) is 0 Å². The van der Waals surface area contributed by atoms with Gasteiger partial charge in [-0.3, -0.25) is 0 Å². The first-order valence-corrected chi connectivity index (χ1v) is 15.8. The summed E-state index contributed by atoms with van der Waals surface area (Å²) in [6, 6.07) is 20.9. The van der Waals surface area contributed by atoms with Crippen LogP contribution in [0.3, 0.4) is 0 Å². The Labute approximate surface area is 266 Å². The Balaban J connectivity index is 1.23. The van der Waals surface area contributed by atoms with Crippen LogP contribution < -0.4 is 20.2 Å². The van der Waals surface area contributed by atoms with Crippen LogP contribution >= 0.6 is 0 Å². The highest BCUT2D eigenvalue weighted by atomic mass is 16.5. The molecule has 1 saturated heterocycles. The quantitative estimate of drug-likeness (QED) is 0.240. The molecule has 1 fully saturated rings. The summed E-state index contributed by atoms with van der Waals surface area (Å²) in [7, 11) is 0. The Morgan fingerprint density at radius 2 is 1.46 bits per heavy atom. The normalized spacial score (nSPS) is 25.0. The van der Waals surface area contributed by atoms with Crippen LogP contribution in [0.5, 0.6) is 11.5 Å². The minimum Gasteiger partial charge on any atom is -0.493 e. The van der Waals surface area contributed by atoms with Gasteiger partial charge in [0, 0.05) is 53.6 Å². The third-order valence-corrected chi connectivity index (χ3v) is 8.61. The number of rotatable bonds is 10. The number of nitrogens with one attached hydrogen (secondary N) is 1. The molecule has 0 aliphatic carbocycles. The minimum absolute atomic E-state index is 0.0964. The van der Waals surface area contributed by atoms with Crippen molar-refractivity contribution in [2.45, 2.75) is 24.9 Å². The molecule has 3 aromatic rings. The fourth-order valence-electron chi connectivity index (χ4n) is 6.37. The molecule has 8 rings (SSSR count). The molecular formula is C38H34N4O4. The van der Waals surface area contributed by atoms with E-state index in [4.69, 9.17) is 19.5 Å². The van der Waals surface area contributed by atoms with Crippen molar-refractivity contribution in [3.8, 4) is 11.5 Å². The van der Waals surface area contributed by atoms with Crippen molar-refractivity contribution in [1.82, 2.24) is 9.88 Å². The Morgan fingerprint density at radius 1 is 0.739 bits per heavy atom. The summed E-state index contributed by atoms with van der Waals surface area (Å²) >= 11 is 0. The minimum atomic E-state index is 0.0964. The molecule has 2 unspecified atom stereocenters. The van der Waals surface area contributed by atoms with Gasteiger partial charge in [-0.05, 0) is 90.1 Å². The Morgan fingerprint density at radius 3 is 2.20 bits per heavy atom. The number of hydrogen-bond acceptors (Lipinski definition) is 7. The van der Waals surface area contributed by atoms with E-state index in [9.17, 15) is 10.2 Å². The molecule has 2 aromatic carbocycles. The number of nitrogens with zero attached hydrogens (tertiary/aromatic N) is 3. The Kier molecular flexibility index (Phi) is 7.36. The second-order valence-corrected chi connectivity index (χ2v) is 11.7. The smallest absolute Gasteiger partial charge is 0.119 e. The molecule has 0 saturated carbocycles. The maximum atomic E-state index is 9.19. The molecule has 2 atom stereocenters. The lowest BCUT2D eigenvalue weighted by Crippen LogP contribution is -2.18. The predicted molar refractivity (Wildman–Crippen MR) is 180 cm³/mol. The van der Waals surface area contributed by atoms with Gasteiger partial charge in [-0.25, -0.2) is 9.98 Å². The first-order chi connectivity index (χ1) is 22.7. The van der Waals surface area contributed by atoms with Crippen molar-refractivity contribution in [3.63, 3.8) is 0 Å². The van der Waals surface area contributed by atoms with Gasteiger partial charge in [0.05, 0.1) is 48.1 Å². The molecule has 0 spiro atoms. The fraction of sp³-hybridized carbons (Fsp3) is 0.211. The zero-order valence-corrected chi connectivity index (χ0v) is 25.3. The number of aliphatic hydroxyl groups excluding tert-OH is 2. The van der Waals surface area contributed by atoms with Crippen LogP contribution in [0.4, 0.5) is 0 Å². The van der Waals surface area contributed by atoms with E-state index in [2.05, 4.69) is 82.7 Å². The number of aromatic nitrogens is 1. The molecule has 230 valence electrons. The molecule has 5 aliphatic heterocycles. The molecule has 3 N–H and O–H groups in total. The molecule has 8 nitrogen and oxygen atoms in total. The van der Waals surface area contributed by atoms with Gasteiger partial charge >= 0.3 is 0 Å². The number of aliphatic imine (C=N–C) groups is 2. The standard InChI is InChI=1S/C38H34N4O4/c43-15-3-17-45-29-7-1-5-24(19-29)37-31-12-9-26(39-31)21-27-10-14-33(40-27)38(25-6-2-8-30(20-25)46-18-4-16-44)36-23-35-34(42(35)36)22-28-11-13-32(37)41-28/h1-2,5-14,19-23,34-35,39,43-44H,3-4,15-18H2/b26-21-,28-22-,37-31-,38-33-. The third-order valence-electron chi connectivity index (χ3n) is 8.61. The van der Waals surface area contributed by atoms with E-state index in [0.717, 1.165) is 73.0 Å². The second kappa shape index (κ2) is 12.0. The van der Waals surface area contributed by atoms with Gasteiger partial charge in [-0.15, -0.1) is 0 Å². The summed E-state index contributed by atoms with van der Waals surface area (Å²) in [4.78, 5) is 16.2. The number of aromatic amines is 1. The molecule has 0 radical (unpaired) electrons. The maximum absolute atomic E-state index is 9.19. The van der Waals surface area contributed by atoms with E-state index in [1.54, 1.807) is 0 Å². The van der Waals surface area contributed by atoms with Crippen molar-refractivity contribution in [2.24, 2.45) is 9.98 Å². The Hall–Kier alpha value is -5.18. The zero-order chi connectivity index (χ0) is 31.0. The highest BCUT2D eigenvalue weighted by Crippen LogP contribution is 2.51. The van der Waals surface area contributed by atoms with Gasteiger partial charge in [0.15, 0.2) is 0 Å². The number of hydrogen-bond donors (Lipinski definition) is 3. The Bertz CT molecular complexity index is 2060. The van der Waals surface area contributed by atoms with E-state index < -0.39 is 0 Å². The molecule has 8 heteroatoms. The topological polar surface area (TPSA) is 102 Å². The summed E-state index contributed by atoms with van der Waals surface area (Å²) in [5.74, 6) is 1.53. The van der Waals surface area contributed by atoms with Gasteiger partial charge in [-0.1, -0.05) is 24.3 Å². The average molecular weight is 611 g/mol. The van der Waals surface area contributed by atoms with E-state index in [1.165, 1.54) is 0 Å². The highest BCUT2D eigenvalue weighted by Gasteiger charge is 2.54. The maximum Gasteiger partial charge on any atom is 0.119 e. The lowest BCUT2D eigenvalue weighted by Gasteiger charge is -2.22. The summed E-state index contributed by atoms with van der Waals surface area (Å²) in [6.07, 6.45) is 16.1. The number of allylic oxidation sites excluding steroid dienone is 5. The zero-order valence-electron chi connectivity index (χ0n) is 25.3. The van der Waals surface area contributed by atoms with Crippen molar-refractivity contribution in [2.75, 3.05) is 26.4 Å². The van der Waals surface area contributed by atoms with E-state index in [0.29, 0.717) is 32.1 Å². The van der Waals surface area contributed by atoms with Gasteiger partial charge in [0.1, 0.15) is 11.5 Å². The SMILES string of the molecule is OCCCOc1cccc(/C2=C3\C=CC(=N3)/C=c3/cc/c([nH]3)=C(\c3cccc(OCCCO)c3)C3=N/C(=C\C4C5C=C2N54)C=C3)c1. The van der Waals surface area contributed by atoms with Gasteiger partial charge < -0.3 is 29.6 Å². The molecule has 46 heavy (non-hydrogen) atoms. The van der Waals surface area contributed by atoms with Crippen molar-refractivity contribution >= 4 is 28.6 Å². The summed E-state index contributed by atoms with van der Waals surface area (Å²) < 4.78 is 11.8. The number of fused-ring (bicyclic) bond motifs is 5.